The first-order valence-corrected chi connectivity index (χ1v) is 12.1. The van der Waals surface area contributed by atoms with E-state index in [1.54, 1.807) is 11.8 Å². The Kier molecular flexibility index (Phi) is 9.06. The zero-order valence-corrected chi connectivity index (χ0v) is 18.4. The standard InChI is InChI=1S/C22H34O3S2/c1-4-6-16-22(3,5-2)21(23)20(26-17-12-8-7-9-13-17)18-14-10-11-15-19(18)27(24)25/h8,10-14,19-21,23H,4-7,9,15-16H2,1-3H3,(H,24,25)/p-1. The first-order chi connectivity index (χ1) is 12.9. The molecule has 5 unspecified atom stereocenters. The van der Waals surface area contributed by atoms with Gasteiger partial charge in [0, 0.05) is 10.2 Å². The molecule has 2 aliphatic rings. The van der Waals surface area contributed by atoms with Gasteiger partial charge in [-0.3, -0.25) is 4.21 Å². The predicted molar refractivity (Wildman–Crippen MR) is 116 cm³/mol. The summed E-state index contributed by atoms with van der Waals surface area (Å²) in [7, 11) is 0. The molecule has 0 radical (unpaired) electrons. The fourth-order valence-electron chi connectivity index (χ4n) is 3.71. The van der Waals surface area contributed by atoms with Crippen LogP contribution in [0.1, 0.15) is 65.7 Å². The second-order valence-corrected chi connectivity index (χ2v) is 10.1. The average molecular weight is 410 g/mol. The maximum absolute atomic E-state index is 11.9. The maximum Gasteiger partial charge on any atom is 0.0753 e. The highest BCUT2D eigenvalue weighted by Crippen LogP contribution is 2.44. The number of unbranched alkanes of at least 4 members (excludes halogenated alkanes) is 1. The molecule has 0 spiro atoms. The molecule has 3 nitrogen and oxygen atoms in total. The molecule has 152 valence electrons. The van der Waals surface area contributed by atoms with Gasteiger partial charge < -0.3 is 9.66 Å². The second kappa shape index (κ2) is 10.8. The van der Waals surface area contributed by atoms with E-state index in [9.17, 15) is 13.9 Å². The lowest BCUT2D eigenvalue weighted by Crippen LogP contribution is -2.43. The Morgan fingerprint density at radius 3 is 2.74 bits per heavy atom. The van der Waals surface area contributed by atoms with Gasteiger partial charge in [-0.05, 0) is 54.2 Å². The van der Waals surface area contributed by atoms with Crippen molar-refractivity contribution in [2.75, 3.05) is 0 Å². The summed E-state index contributed by atoms with van der Waals surface area (Å²) in [6, 6.07) is 0. The van der Waals surface area contributed by atoms with E-state index in [2.05, 4.69) is 39.0 Å². The summed E-state index contributed by atoms with van der Waals surface area (Å²) >= 11 is -0.565. The Labute approximate surface area is 171 Å². The molecule has 0 saturated carbocycles. The molecule has 0 fully saturated rings. The molecule has 0 aromatic carbocycles. The first-order valence-electron chi connectivity index (χ1n) is 10.1. The van der Waals surface area contributed by atoms with Crippen molar-refractivity contribution < 1.29 is 13.9 Å². The van der Waals surface area contributed by atoms with Gasteiger partial charge in [-0.1, -0.05) is 70.1 Å². The van der Waals surface area contributed by atoms with Gasteiger partial charge in [-0.2, -0.15) is 0 Å². The monoisotopic (exact) mass is 409 g/mol. The van der Waals surface area contributed by atoms with E-state index in [1.165, 1.54) is 0 Å². The van der Waals surface area contributed by atoms with Crippen LogP contribution in [0.4, 0.5) is 0 Å². The summed E-state index contributed by atoms with van der Waals surface area (Å²) in [5.74, 6) is 0. The number of rotatable bonds is 10. The van der Waals surface area contributed by atoms with Crippen molar-refractivity contribution in [1.82, 2.24) is 0 Å². The summed E-state index contributed by atoms with van der Waals surface area (Å²) in [5.41, 5.74) is 0.600. The molecular weight excluding hydrogens is 376 g/mol. The van der Waals surface area contributed by atoms with E-state index in [1.807, 2.05) is 18.2 Å². The molecule has 27 heavy (non-hydrogen) atoms. The fourth-order valence-corrected chi connectivity index (χ4v) is 6.03. The summed E-state index contributed by atoms with van der Waals surface area (Å²) in [6.07, 6.45) is 18.1. The van der Waals surface area contributed by atoms with Gasteiger partial charge in [0.15, 0.2) is 0 Å². The lowest BCUT2D eigenvalue weighted by Gasteiger charge is -2.41. The predicted octanol–water partition coefficient (Wildman–Crippen LogP) is 5.42. The van der Waals surface area contributed by atoms with E-state index in [0.717, 1.165) is 49.0 Å². The molecule has 0 aromatic rings. The Hall–Kier alpha value is -0.620. The van der Waals surface area contributed by atoms with E-state index in [0.29, 0.717) is 6.42 Å². The highest BCUT2D eigenvalue weighted by Gasteiger charge is 2.40. The van der Waals surface area contributed by atoms with E-state index >= 15 is 0 Å². The van der Waals surface area contributed by atoms with Crippen molar-refractivity contribution in [3.8, 4) is 0 Å². The van der Waals surface area contributed by atoms with Crippen LogP contribution in [-0.2, 0) is 11.1 Å². The third-order valence-electron chi connectivity index (χ3n) is 5.84. The summed E-state index contributed by atoms with van der Waals surface area (Å²) < 4.78 is 23.8. The van der Waals surface area contributed by atoms with Gasteiger partial charge in [0.25, 0.3) is 0 Å². The Balaban J connectivity index is 2.37. The Morgan fingerprint density at radius 1 is 1.37 bits per heavy atom. The highest BCUT2D eigenvalue weighted by molar-refractivity contribution is 8.04. The zero-order valence-electron chi connectivity index (χ0n) is 16.7. The van der Waals surface area contributed by atoms with Gasteiger partial charge in [0.2, 0.25) is 0 Å². The largest absolute Gasteiger partial charge is 0.772 e. The van der Waals surface area contributed by atoms with Gasteiger partial charge in [-0.15, -0.1) is 11.8 Å². The van der Waals surface area contributed by atoms with E-state index in [-0.39, 0.29) is 10.7 Å². The number of aliphatic hydroxyl groups excluding tert-OH is 1. The molecule has 5 heteroatoms. The zero-order chi connectivity index (χ0) is 19.9. The topological polar surface area (TPSA) is 60.4 Å². The van der Waals surface area contributed by atoms with Gasteiger partial charge in [0.1, 0.15) is 0 Å². The van der Waals surface area contributed by atoms with Crippen LogP contribution in [0.5, 0.6) is 0 Å². The third-order valence-corrected chi connectivity index (χ3v) is 8.13. The number of thioether (sulfide) groups is 1. The number of hydrogen-bond acceptors (Lipinski definition) is 4. The number of hydrogen-bond donors (Lipinski definition) is 1. The van der Waals surface area contributed by atoms with Crippen LogP contribution >= 0.6 is 11.8 Å². The lowest BCUT2D eigenvalue weighted by atomic mass is 9.74. The quantitative estimate of drug-likeness (QED) is 0.489. The number of aliphatic hydroxyl groups is 1. The average Bonchev–Trinajstić information content (AvgIpc) is 2.70. The Morgan fingerprint density at radius 2 is 2.15 bits per heavy atom. The lowest BCUT2D eigenvalue weighted by molar-refractivity contribution is 0.0302. The van der Waals surface area contributed by atoms with Gasteiger partial charge in [0.05, 0.1) is 11.4 Å². The molecule has 5 atom stereocenters. The fraction of sp³-hybridized carbons (Fsp3) is 0.636. The molecule has 2 rings (SSSR count). The van der Waals surface area contributed by atoms with Crippen LogP contribution in [0, 0.1) is 5.41 Å². The molecule has 1 N–H and O–H groups in total. The van der Waals surface area contributed by atoms with Crippen molar-refractivity contribution in [3.63, 3.8) is 0 Å². The van der Waals surface area contributed by atoms with Crippen LogP contribution in [0.25, 0.3) is 0 Å². The summed E-state index contributed by atoms with van der Waals surface area (Å²) in [4.78, 5) is 1.13. The molecule has 2 aliphatic carbocycles. The summed E-state index contributed by atoms with van der Waals surface area (Å²) in [5, 5.41) is 10.7. The van der Waals surface area contributed by atoms with Crippen molar-refractivity contribution >= 4 is 22.8 Å². The Bertz CT molecular complexity index is 635. The van der Waals surface area contributed by atoms with Crippen LogP contribution in [0.2, 0.25) is 0 Å². The van der Waals surface area contributed by atoms with Gasteiger partial charge >= 0.3 is 0 Å². The van der Waals surface area contributed by atoms with Crippen LogP contribution in [0.3, 0.4) is 0 Å². The van der Waals surface area contributed by atoms with Crippen molar-refractivity contribution in [2.24, 2.45) is 5.41 Å². The molecular formula is C22H33O3S2-. The third kappa shape index (κ3) is 5.93. The number of allylic oxidation sites excluding steroid dienone is 6. The molecule has 0 amide bonds. The van der Waals surface area contributed by atoms with Crippen LogP contribution in [0.15, 0.2) is 46.9 Å². The van der Waals surface area contributed by atoms with Crippen molar-refractivity contribution in [2.45, 2.75) is 82.3 Å². The van der Waals surface area contributed by atoms with E-state index in [4.69, 9.17) is 0 Å². The van der Waals surface area contributed by atoms with Crippen molar-refractivity contribution in [1.29, 1.82) is 0 Å². The van der Waals surface area contributed by atoms with Crippen LogP contribution in [-0.4, -0.2) is 30.5 Å². The first kappa shape index (κ1) is 22.7. The summed E-state index contributed by atoms with van der Waals surface area (Å²) in [6.45, 7) is 6.44. The SMILES string of the molecule is CCCCC(C)(CC)C(O)C(SC1=CCCC=C1)C1=CC=CCC1S(=O)[O-]. The molecule has 0 bridgehead atoms. The van der Waals surface area contributed by atoms with E-state index < -0.39 is 22.4 Å². The van der Waals surface area contributed by atoms with Gasteiger partial charge in [-0.25, -0.2) is 0 Å². The second-order valence-electron chi connectivity index (χ2n) is 7.76. The molecule has 0 saturated heterocycles. The smallest absolute Gasteiger partial charge is 0.0753 e. The minimum atomic E-state index is -2.19. The van der Waals surface area contributed by atoms with Crippen molar-refractivity contribution in [3.05, 3.63) is 46.9 Å². The minimum Gasteiger partial charge on any atom is -0.772 e. The molecule has 0 heterocycles. The molecule has 0 aromatic heterocycles. The highest BCUT2D eigenvalue weighted by atomic mass is 32.2. The normalized spacial score (nSPS) is 25.3. The molecule has 0 aliphatic heterocycles. The maximum atomic E-state index is 11.9. The van der Waals surface area contributed by atoms with Crippen LogP contribution < -0.4 is 0 Å². The minimum absolute atomic E-state index is 0.233.